The average Bonchev–Trinajstić information content (AvgIpc) is 2.68. The number of hydrogen-bond donors (Lipinski definition) is 1. The molecule has 1 aromatic heterocycles. The maximum absolute atomic E-state index is 13.1. The monoisotopic (exact) mass is 385 g/mol. The Hall–Kier alpha value is -3.13. The lowest BCUT2D eigenvalue weighted by molar-refractivity contribution is -0.113. The van der Waals surface area contributed by atoms with Gasteiger partial charge in [0.05, 0.1) is 12.9 Å². The second-order valence-corrected chi connectivity index (χ2v) is 6.41. The molecule has 1 heterocycles. The van der Waals surface area contributed by atoms with E-state index in [1.165, 1.54) is 41.2 Å². The molecule has 138 valence electrons. The van der Waals surface area contributed by atoms with Gasteiger partial charge < -0.3 is 10.1 Å². The third-order valence-electron chi connectivity index (χ3n) is 3.63. The predicted octanol–water partition coefficient (Wildman–Crippen LogP) is 3.11. The summed E-state index contributed by atoms with van der Waals surface area (Å²) in [6.07, 6.45) is 2.96. The molecule has 1 N–H and O–H groups in total. The van der Waals surface area contributed by atoms with E-state index in [-0.39, 0.29) is 28.1 Å². The van der Waals surface area contributed by atoms with Gasteiger partial charge in [-0.25, -0.2) is 9.37 Å². The Balaban J connectivity index is 1.67. The van der Waals surface area contributed by atoms with Crippen LogP contribution in [0.4, 0.5) is 10.1 Å². The number of rotatable bonds is 6. The Bertz CT molecular complexity index is 988. The molecule has 0 spiro atoms. The molecule has 0 saturated heterocycles. The molecule has 3 rings (SSSR count). The van der Waals surface area contributed by atoms with Crippen molar-refractivity contribution in [2.75, 3.05) is 18.2 Å². The van der Waals surface area contributed by atoms with Gasteiger partial charge in [-0.3, -0.25) is 14.2 Å². The van der Waals surface area contributed by atoms with Gasteiger partial charge in [0.1, 0.15) is 11.6 Å². The summed E-state index contributed by atoms with van der Waals surface area (Å²) in [4.78, 5) is 28.7. The molecule has 3 aromatic rings. The van der Waals surface area contributed by atoms with Gasteiger partial charge in [0, 0.05) is 23.8 Å². The number of methoxy groups -OCH3 is 1. The van der Waals surface area contributed by atoms with E-state index in [2.05, 4.69) is 10.3 Å². The Morgan fingerprint density at radius 3 is 2.56 bits per heavy atom. The summed E-state index contributed by atoms with van der Waals surface area (Å²) < 4.78 is 19.5. The van der Waals surface area contributed by atoms with Crippen molar-refractivity contribution in [1.82, 2.24) is 9.55 Å². The minimum Gasteiger partial charge on any atom is -0.497 e. The van der Waals surface area contributed by atoms with Crippen molar-refractivity contribution in [2.45, 2.75) is 5.03 Å². The molecule has 6 nitrogen and oxygen atoms in total. The van der Waals surface area contributed by atoms with Crippen LogP contribution in [-0.2, 0) is 4.79 Å². The molecule has 27 heavy (non-hydrogen) atoms. The van der Waals surface area contributed by atoms with Crippen LogP contribution in [0, 0.1) is 5.82 Å². The van der Waals surface area contributed by atoms with Crippen molar-refractivity contribution in [2.24, 2.45) is 0 Å². The smallest absolute Gasteiger partial charge is 0.287 e. The van der Waals surface area contributed by atoms with Crippen molar-refractivity contribution in [3.8, 4) is 11.4 Å². The fourth-order valence-corrected chi connectivity index (χ4v) is 3.00. The zero-order valence-corrected chi connectivity index (χ0v) is 15.2. The number of carbonyl (C=O) groups excluding carboxylic acids is 1. The predicted molar refractivity (Wildman–Crippen MR) is 102 cm³/mol. The SMILES string of the molecule is COc1ccc(NC(=O)CSc2nccn(-c3ccc(F)cc3)c2=O)cc1. The summed E-state index contributed by atoms with van der Waals surface area (Å²) in [5.41, 5.74) is 0.783. The van der Waals surface area contributed by atoms with Crippen LogP contribution in [-0.4, -0.2) is 28.3 Å². The molecule has 0 aliphatic rings. The number of amides is 1. The number of nitrogens with zero attached hydrogens (tertiary/aromatic N) is 2. The molecule has 0 unspecified atom stereocenters. The van der Waals surface area contributed by atoms with Crippen LogP contribution < -0.4 is 15.6 Å². The molecule has 0 radical (unpaired) electrons. The quantitative estimate of drug-likeness (QED) is 0.660. The number of anilines is 1. The van der Waals surface area contributed by atoms with Gasteiger partial charge in [-0.15, -0.1) is 0 Å². The van der Waals surface area contributed by atoms with E-state index >= 15 is 0 Å². The van der Waals surface area contributed by atoms with Crippen LogP contribution in [0.1, 0.15) is 0 Å². The lowest BCUT2D eigenvalue weighted by Gasteiger charge is -2.08. The van der Waals surface area contributed by atoms with Crippen molar-refractivity contribution < 1.29 is 13.9 Å². The van der Waals surface area contributed by atoms with Crippen LogP contribution >= 0.6 is 11.8 Å². The number of nitrogens with one attached hydrogen (secondary N) is 1. The van der Waals surface area contributed by atoms with Gasteiger partial charge in [0.15, 0.2) is 5.03 Å². The van der Waals surface area contributed by atoms with Crippen molar-refractivity contribution >= 4 is 23.4 Å². The van der Waals surface area contributed by atoms with E-state index in [0.717, 1.165) is 11.8 Å². The number of halogens is 1. The lowest BCUT2D eigenvalue weighted by atomic mass is 10.3. The van der Waals surface area contributed by atoms with Gasteiger partial charge in [-0.05, 0) is 48.5 Å². The Labute approximate surface area is 159 Å². The number of ether oxygens (including phenoxy) is 1. The third kappa shape index (κ3) is 4.73. The lowest BCUT2D eigenvalue weighted by Crippen LogP contribution is -2.22. The summed E-state index contributed by atoms with van der Waals surface area (Å²) >= 11 is 1.04. The summed E-state index contributed by atoms with van der Waals surface area (Å²) in [5.74, 6) is 0.0771. The first kappa shape index (κ1) is 18.7. The molecular formula is C19H16FN3O3S. The van der Waals surface area contributed by atoms with E-state index < -0.39 is 0 Å². The summed E-state index contributed by atoms with van der Waals surface area (Å²) in [7, 11) is 1.57. The second kappa shape index (κ2) is 8.50. The standard InChI is InChI=1S/C19H16FN3O3S/c1-26-16-8-4-14(5-9-16)22-17(24)12-27-18-19(25)23(11-10-21-18)15-6-2-13(20)3-7-15/h2-11H,12H2,1H3,(H,22,24). The zero-order chi connectivity index (χ0) is 19.2. The summed E-state index contributed by atoms with van der Waals surface area (Å²) in [5, 5.41) is 2.93. The Kier molecular flexibility index (Phi) is 5.87. The molecule has 8 heteroatoms. The molecular weight excluding hydrogens is 369 g/mol. The molecule has 0 aliphatic heterocycles. The molecule has 2 aromatic carbocycles. The topological polar surface area (TPSA) is 73.2 Å². The van der Waals surface area contributed by atoms with E-state index in [0.29, 0.717) is 17.1 Å². The molecule has 0 atom stereocenters. The Morgan fingerprint density at radius 2 is 1.89 bits per heavy atom. The van der Waals surface area contributed by atoms with Crippen molar-refractivity contribution in [3.05, 3.63) is 77.1 Å². The highest BCUT2D eigenvalue weighted by Crippen LogP contribution is 2.17. The van der Waals surface area contributed by atoms with E-state index in [1.807, 2.05) is 0 Å². The Morgan fingerprint density at radius 1 is 1.19 bits per heavy atom. The first-order chi connectivity index (χ1) is 13.1. The van der Waals surface area contributed by atoms with Gasteiger partial charge in [-0.2, -0.15) is 0 Å². The van der Waals surface area contributed by atoms with Gasteiger partial charge >= 0.3 is 0 Å². The fourth-order valence-electron chi connectivity index (χ4n) is 2.30. The van der Waals surface area contributed by atoms with Crippen LogP contribution in [0.15, 0.2) is 70.7 Å². The second-order valence-electron chi connectivity index (χ2n) is 5.45. The molecule has 0 fully saturated rings. The van der Waals surface area contributed by atoms with Crippen LogP contribution in [0.2, 0.25) is 0 Å². The number of aromatic nitrogens is 2. The number of hydrogen-bond acceptors (Lipinski definition) is 5. The minimum absolute atomic E-state index is 0.0295. The largest absolute Gasteiger partial charge is 0.497 e. The van der Waals surface area contributed by atoms with Gasteiger partial charge in [0.25, 0.3) is 5.56 Å². The zero-order valence-electron chi connectivity index (χ0n) is 14.4. The summed E-state index contributed by atoms with van der Waals surface area (Å²) in [6, 6.07) is 12.5. The van der Waals surface area contributed by atoms with Gasteiger partial charge in [0.2, 0.25) is 5.91 Å². The van der Waals surface area contributed by atoms with E-state index in [1.54, 1.807) is 31.4 Å². The number of benzene rings is 2. The third-order valence-corrected chi connectivity index (χ3v) is 4.59. The van der Waals surface area contributed by atoms with Gasteiger partial charge in [-0.1, -0.05) is 11.8 Å². The summed E-state index contributed by atoms with van der Waals surface area (Å²) in [6.45, 7) is 0. The first-order valence-corrected chi connectivity index (χ1v) is 8.95. The van der Waals surface area contributed by atoms with E-state index in [4.69, 9.17) is 4.74 Å². The highest BCUT2D eigenvalue weighted by atomic mass is 32.2. The minimum atomic E-state index is -0.384. The average molecular weight is 385 g/mol. The molecule has 0 aliphatic carbocycles. The number of carbonyl (C=O) groups is 1. The highest BCUT2D eigenvalue weighted by molar-refractivity contribution is 7.99. The first-order valence-electron chi connectivity index (χ1n) is 7.97. The molecule has 0 saturated carbocycles. The van der Waals surface area contributed by atoms with Crippen LogP contribution in [0.5, 0.6) is 5.75 Å². The number of thioether (sulfide) groups is 1. The van der Waals surface area contributed by atoms with Crippen LogP contribution in [0.25, 0.3) is 5.69 Å². The van der Waals surface area contributed by atoms with Crippen LogP contribution in [0.3, 0.4) is 0 Å². The molecule has 0 bridgehead atoms. The normalized spacial score (nSPS) is 10.4. The molecule has 1 amide bonds. The highest BCUT2D eigenvalue weighted by Gasteiger charge is 2.10. The van der Waals surface area contributed by atoms with E-state index in [9.17, 15) is 14.0 Å². The maximum atomic E-state index is 13.1. The van der Waals surface area contributed by atoms with Crippen molar-refractivity contribution in [1.29, 1.82) is 0 Å². The maximum Gasteiger partial charge on any atom is 0.287 e. The van der Waals surface area contributed by atoms with Crippen molar-refractivity contribution in [3.63, 3.8) is 0 Å². The fraction of sp³-hybridized carbons (Fsp3) is 0.105.